The molecule has 1 aromatic rings. The quantitative estimate of drug-likeness (QED) is 0.913. The highest BCUT2D eigenvalue weighted by atomic mass is 16.2. The van der Waals surface area contributed by atoms with Crippen LogP contribution in [0.5, 0.6) is 0 Å². The lowest BCUT2D eigenvalue weighted by Gasteiger charge is -2.44. The minimum absolute atomic E-state index is 0.0916. The Morgan fingerprint density at radius 3 is 2.52 bits per heavy atom. The summed E-state index contributed by atoms with van der Waals surface area (Å²) in [5, 5.41) is 3.02. The molecule has 3 saturated heterocycles. The summed E-state index contributed by atoms with van der Waals surface area (Å²) in [4.78, 5) is 21.7. The summed E-state index contributed by atoms with van der Waals surface area (Å²) in [5.74, 6) is 2.75. The summed E-state index contributed by atoms with van der Waals surface area (Å²) in [6, 6.07) is 4.65. The van der Waals surface area contributed by atoms with Crippen LogP contribution in [0.4, 0.5) is 11.5 Å². The van der Waals surface area contributed by atoms with Gasteiger partial charge in [0.05, 0.1) is 18.4 Å². The number of pyridine rings is 1. The Labute approximate surface area is 150 Å². The van der Waals surface area contributed by atoms with Crippen LogP contribution in [0.2, 0.25) is 0 Å². The Morgan fingerprint density at radius 2 is 1.92 bits per heavy atom. The predicted molar refractivity (Wildman–Crippen MR) is 101 cm³/mol. The number of piperidine rings is 3. The van der Waals surface area contributed by atoms with Crippen LogP contribution in [-0.2, 0) is 4.79 Å². The fraction of sp³-hybridized carbons (Fsp3) is 0.700. The van der Waals surface area contributed by atoms with Crippen LogP contribution in [-0.4, -0.2) is 48.0 Å². The van der Waals surface area contributed by atoms with E-state index in [0.717, 1.165) is 43.0 Å². The molecule has 1 amide bonds. The summed E-state index contributed by atoms with van der Waals surface area (Å²) >= 11 is 0. The van der Waals surface area contributed by atoms with Crippen LogP contribution in [0.15, 0.2) is 18.3 Å². The number of nitrogens with one attached hydrogen (secondary N) is 1. The molecule has 0 aromatic carbocycles. The van der Waals surface area contributed by atoms with Crippen LogP contribution in [0, 0.1) is 11.8 Å². The molecule has 25 heavy (non-hydrogen) atoms. The molecule has 5 rings (SSSR count). The van der Waals surface area contributed by atoms with Gasteiger partial charge < -0.3 is 10.2 Å². The summed E-state index contributed by atoms with van der Waals surface area (Å²) in [6.07, 6.45) is 9.50. The highest BCUT2D eigenvalue weighted by Gasteiger charge is 2.34. The number of carbonyl (C=O) groups is 1. The van der Waals surface area contributed by atoms with Gasteiger partial charge in [0.2, 0.25) is 5.91 Å². The third kappa shape index (κ3) is 3.97. The maximum Gasteiger partial charge on any atom is 0.238 e. The topological polar surface area (TPSA) is 48.5 Å². The highest BCUT2D eigenvalue weighted by Crippen LogP contribution is 2.34. The average Bonchev–Trinajstić information content (AvgIpc) is 2.64. The van der Waals surface area contributed by atoms with Gasteiger partial charge in [-0.05, 0) is 62.5 Å². The zero-order chi connectivity index (χ0) is 17.2. The van der Waals surface area contributed by atoms with E-state index in [1.807, 2.05) is 12.1 Å². The molecule has 0 atom stereocenters. The normalized spacial score (nSPS) is 27.5. The van der Waals surface area contributed by atoms with Gasteiger partial charge in [0.15, 0.2) is 0 Å². The molecular weight excluding hydrogens is 312 g/mol. The van der Waals surface area contributed by atoms with E-state index in [9.17, 15) is 4.79 Å². The number of anilines is 2. The molecule has 0 unspecified atom stereocenters. The summed E-state index contributed by atoms with van der Waals surface area (Å²) < 4.78 is 0. The Hall–Kier alpha value is -1.62. The molecule has 4 heterocycles. The van der Waals surface area contributed by atoms with Crippen LogP contribution >= 0.6 is 0 Å². The van der Waals surface area contributed by atoms with Crippen LogP contribution < -0.4 is 10.2 Å². The van der Waals surface area contributed by atoms with E-state index in [2.05, 4.69) is 27.0 Å². The van der Waals surface area contributed by atoms with E-state index < -0.39 is 0 Å². The van der Waals surface area contributed by atoms with Gasteiger partial charge in [-0.15, -0.1) is 0 Å². The molecular formula is C20H30N4O. The van der Waals surface area contributed by atoms with Gasteiger partial charge in [0, 0.05) is 25.7 Å². The van der Waals surface area contributed by atoms with Crippen molar-refractivity contribution in [1.29, 1.82) is 0 Å². The monoisotopic (exact) mass is 342 g/mol. The van der Waals surface area contributed by atoms with Crippen molar-refractivity contribution in [1.82, 2.24) is 9.88 Å². The highest BCUT2D eigenvalue weighted by molar-refractivity contribution is 5.92. The first-order valence-electron chi connectivity index (χ1n) is 9.92. The first-order chi connectivity index (χ1) is 12.2. The lowest BCUT2D eigenvalue weighted by molar-refractivity contribution is -0.119. The van der Waals surface area contributed by atoms with Crippen molar-refractivity contribution in [3.8, 4) is 0 Å². The lowest BCUT2D eigenvalue weighted by atomic mass is 9.80. The van der Waals surface area contributed by atoms with Crippen molar-refractivity contribution in [2.75, 3.05) is 36.4 Å². The Morgan fingerprint density at radius 1 is 1.16 bits per heavy atom. The van der Waals surface area contributed by atoms with Crippen LogP contribution in [0.25, 0.3) is 0 Å². The van der Waals surface area contributed by atoms with Gasteiger partial charge in [-0.3, -0.25) is 9.69 Å². The molecule has 0 radical (unpaired) electrons. The fourth-order valence-electron chi connectivity index (χ4n) is 4.64. The number of carbonyl (C=O) groups excluding carboxylic acids is 1. The molecule has 3 aliphatic heterocycles. The largest absolute Gasteiger partial charge is 0.357 e. The minimum atomic E-state index is 0.0916. The van der Waals surface area contributed by atoms with E-state index >= 15 is 0 Å². The minimum Gasteiger partial charge on any atom is -0.357 e. The molecule has 1 aromatic heterocycles. The third-order valence-corrected chi connectivity index (χ3v) is 6.31. The lowest BCUT2D eigenvalue weighted by Crippen LogP contribution is -2.50. The van der Waals surface area contributed by atoms with E-state index in [4.69, 9.17) is 0 Å². The number of hydrogen-bond donors (Lipinski definition) is 1. The molecule has 2 bridgehead atoms. The molecule has 5 heteroatoms. The van der Waals surface area contributed by atoms with E-state index in [1.165, 1.54) is 38.5 Å². The van der Waals surface area contributed by atoms with Crippen LogP contribution in [0.1, 0.15) is 45.4 Å². The van der Waals surface area contributed by atoms with E-state index in [1.54, 1.807) is 6.20 Å². The second-order valence-electron chi connectivity index (χ2n) is 8.23. The Kier molecular flexibility index (Phi) is 4.93. The van der Waals surface area contributed by atoms with Gasteiger partial charge >= 0.3 is 0 Å². The van der Waals surface area contributed by atoms with E-state index in [0.29, 0.717) is 12.6 Å². The molecule has 1 saturated carbocycles. The second kappa shape index (κ2) is 7.32. The maximum atomic E-state index is 12.4. The predicted octanol–water partition coefficient (Wildman–Crippen LogP) is 3.13. The number of rotatable bonds is 4. The SMILES string of the molecule is CC1CCN(c2ccc(NC(=O)CN3CC4CCC3CC4)cn2)CC1. The number of hydrogen-bond acceptors (Lipinski definition) is 4. The fourth-order valence-corrected chi connectivity index (χ4v) is 4.64. The molecule has 136 valence electrons. The second-order valence-corrected chi connectivity index (χ2v) is 8.23. The first-order valence-corrected chi connectivity index (χ1v) is 9.92. The van der Waals surface area contributed by atoms with Crippen LogP contribution in [0.3, 0.4) is 0 Å². The van der Waals surface area contributed by atoms with Gasteiger partial charge in [-0.1, -0.05) is 6.92 Å². The van der Waals surface area contributed by atoms with Crippen molar-refractivity contribution in [2.45, 2.75) is 51.5 Å². The molecule has 1 N–H and O–H groups in total. The van der Waals surface area contributed by atoms with Crippen molar-refractivity contribution < 1.29 is 4.79 Å². The van der Waals surface area contributed by atoms with Gasteiger partial charge in [0.25, 0.3) is 0 Å². The number of amides is 1. The van der Waals surface area contributed by atoms with Gasteiger partial charge in [-0.2, -0.15) is 0 Å². The molecule has 1 aliphatic carbocycles. The number of aromatic nitrogens is 1. The first kappa shape index (κ1) is 16.8. The molecule has 4 aliphatic rings. The zero-order valence-electron chi connectivity index (χ0n) is 15.3. The molecule has 5 nitrogen and oxygen atoms in total. The standard InChI is InChI=1S/C20H30N4O/c1-15-8-10-23(11-9-15)19-7-4-17(12-21-19)22-20(25)14-24-13-16-2-5-18(24)6-3-16/h4,7,12,15-16,18H,2-3,5-6,8-11,13-14H2,1H3,(H,22,25). The molecule has 4 fully saturated rings. The zero-order valence-corrected chi connectivity index (χ0v) is 15.3. The smallest absolute Gasteiger partial charge is 0.238 e. The average molecular weight is 342 g/mol. The Bertz CT molecular complexity index is 586. The Balaban J connectivity index is 1.29. The van der Waals surface area contributed by atoms with Gasteiger partial charge in [-0.25, -0.2) is 4.98 Å². The van der Waals surface area contributed by atoms with Gasteiger partial charge in [0.1, 0.15) is 5.82 Å². The summed E-state index contributed by atoms with van der Waals surface area (Å²) in [6.45, 7) is 6.10. The van der Waals surface area contributed by atoms with Crippen molar-refractivity contribution in [3.05, 3.63) is 18.3 Å². The van der Waals surface area contributed by atoms with Crippen molar-refractivity contribution in [2.24, 2.45) is 11.8 Å². The molecule has 0 spiro atoms. The summed E-state index contributed by atoms with van der Waals surface area (Å²) in [7, 11) is 0. The summed E-state index contributed by atoms with van der Waals surface area (Å²) in [5.41, 5.74) is 0.807. The number of fused-ring (bicyclic) bond motifs is 3. The maximum absolute atomic E-state index is 12.4. The van der Waals surface area contributed by atoms with Crippen molar-refractivity contribution >= 4 is 17.4 Å². The van der Waals surface area contributed by atoms with Crippen molar-refractivity contribution in [3.63, 3.8) is 0 Å². The number of nitrogens with zero attached hydrogens (tertiary/aromatic N) is 3. The third-order valence-electron chi connectivity index (χ3n) is 6.31. The van der Waals surface area contributed by atoms with E-state index in [-0.39, 0.29) is 5.91 Å².